The quantitative estimate of drug-likeness (QED) is 0.460. The first-order valence-electron chi connectivity index (χ1n) is 6.01. The fourth-order valence-corrected chi connectivity index (χ4v) is 2.23. The van der Waals surface area contributed by atoms with Gasteiger partial charge in [-0.2, -0.15) is 26.3 Å². The minimum Gasteiger partial charge on any atom is -0.462 e. The van der Waals surface area contributed by atoms with Gasteiger partial charge in [0.05, 0.1) is 17.2 Å². The summed E-state index contributed by atoms with van der Waals surface area (Å²) in [4.78, 5) is 14.7. The van der Waals surface area contributed by atoms with E-state index in [1.54, 1.807) is 6.92 Å². The molecule has 0 saturated carbocycles. The number of ether oxygens (including phenoxy) is 1. The predicted molar refractivity (Wildman–Crippen MR) is 66.6 cm³/mol. The number of carbonyl (C=O) groups is 1. The third-order valence-corrected chi connectivity index (χ3v) is 3.14. The van der Waals surface area contributed by atoms with Gasteiger partial charge >= 0.3 is 18.3 Å². The van der Waals surface area contributed by atoms with Gasteiger partial charge in [0, 0.05) is 0 Å². The van der Waals surface area contributed by atoms with Gasteiger partial charge in [0.1, 0.15) is 5.56 Å². The average molecular weight is 347 g/mol. The molecule has 0 bridgehead atoms. The number of aromatic nitrogens is 1. The van der Waals surface area contributed by atoms with E-state index in [1.165, 1.54) is 6.92 Å². The smallest absolute Gasteiger partial charge is 0.434 e. The van der Waals surface area contributed by atoms with E-state index in [4.69, 9.17) is 0 Å². The minimum atomic E-state index is -5.22. The number of hydrogen-bond donors (Lipinski definition) is 0. The Balaban J connectivity index is 3.70. The molecular weight excluding hydrogens is 336 g/mol. The lowest BCUT2D eigenvalue weighted by Crippen LogP contribution is -2.23. The molecule has 0 fully saturated rings. The summed E-state index contributed by atoms with van der Waals surface area (Å²) in [6, 6.07) is 0.426. The van der Waals surface area contributed by atoms with Crippen LogP contribution >= 0.6 is 11.8 Å². The van der Waals surface area contributed by atoms with E-state index in [1.807, 2.05) is 0 Å². The third-order valence-electron chi connectivity index (χ3n) is 2.34. The maximum atomic E-state index is 13.0. The molecule has 0 amide bonds. The Morgan fingerprint density at radius 2 is 1.77 bits per heavy atom. The zero-order valence-electron chi connectivity index (χ0n) is 11.4. The summed E-state index contributed by atoms with van der Waals surface area (Å²) in [7, 11) is 0. The maximum Gasteiger partial charge on any atom is 0.434 e. The molecule has 0 aliphatic rings. The number of thioether (sulfide) groups is 1. The van der Waals surface area contributed by atoms with Crippen LogP contribution in [-0.4, -0.2) is 23.3 Å². The van der Waals surface area contributed by atoms with Crippen LogP contribution in [0.2, 0.25) is 0 Å². The average Bonchev–Trinajstić information content (AvgIpc) is 2.36. The Morgan fingerprint density at radius 3 is 2.18 bits per heavy atom. The van der Waals surface area contributed by atoms with Crippen molar-refractivity contribution >= 4 is 17.7 Å². The van der Waals surface area contributed by atoms with Crippen LogP contribution in [0.5, 0.6) is 0 Å². The molecule has 1 heterocycles. The molecule has 1 aromatic heterocycles. The Hall–Kier alpha value is -1.45. The third kappa shape index (κ3) is 4.28. The summed E-state index contributed by atoms with van der Waals surface area (Å²) >= 11 is 0.706. The van der Waals surface area contributed by atoms with Gasteiger partial charge < -0.3 is 4.74 Å². The largest absolute Gasteiger partial charge is 0.462 e. The molecule has 0 aromatic carbocycles. The zero-order valence-corrected chi connectivity index (χ0v) is 12.2. The predicted octanol–water partition coefficient (Wildman–Crippen LogP) is 4.41. The normalized spacial score (nSPS) is 12.4. The Kier molecular flexibility index (Phi) is 5.71. The van der Waals surface area contributed by atoms with E-state index in [9.17, 15) is 31.1 Å². The van der Waals surface area contributed by atoms with Crippen molar-refractivity contribution in [2.45, 2.75) is 31.2 Å². The van der Waals surface area contributed by atoms with Gasteiger partial charge in [-0.25, -0.2) is 9.78 Å². The maximum absolute atomic E-state index is 13.0. The number of hydrogen-bond acceptors (Lipinski definition) is 4. The lowest BCUT2D eigenvalue weighted by Gasteiger charge is -2.18. The fourth-order valence-electron chi connectivity index (χ4n) is 1.58. The van der Waals surface area contributed by atoms with Gasteiger partial charge in [-0.3, -0.25) is 0 Å². The van der Waals surface area contributed by atoms with Crippen LogP contribution in [0.25, 0.3) is 0 Å². The second-order valence-corrected chi connectivity index (χ2v) is 5.16. The molecule has 0 N–H and O–H groups in total. The van der Waals surface area contributed by atoms with E-state index in [-0.39, 0.29) is 12.4 Å². The van der Waals surface area contributed by atoms with Gasteiger partial charge in [0.2, 0.25) is 0 Å². The summed E-state index contributed by atoms with van der Waals surface area (Å²) in [6.45, 7) is 2.46. The summed E-state index contributed by atoms with van der Waals surface area (Å²) < 4.78 is 82.4. The van der Waals surface area contributed by atoms with Crippen LogP contribution < -0.4 is 0 Å². The number of nitrogens with zero attached hydrogens (tertiary/aromatic N) is 1. The number of rotatable bonds is 4. The Morgan fingerprint density at radius 1 is 1.18 bits per heavy atom. The first-order chi connectivity index (χ1) is 10.0. The highest BCUT2D eigenvalue weighted by Gasteiger charge is 2.45. The van der Waals surface area contributed by atoms with Crippen molar-refractivity contribution in [3.63, 3.8) is 0 Å². The number of esters is 1. The van der Waals surface area contributed by atoms with Crippen LogP contribution in [0.4, 0.5) is 26.3 Å². The van der Waals surface area contributed by atoms with E-state index >= 15 is 0 Å². The van der Waals surface area contributed by atoms with Crippen LogP contribution in [0, 0.1) is 0 Å². The second-order valence-electron chi connectivity index (χ2n) is 3.88. The highest BCUT2D eigenvalue weighted by Crippen LogP contribution is 2.40. The summed E-state index contributed by atoms with van der Waals surface area (Å²) in [6.07, 6.45) is -10.4. The molecule has 0 atom stereocenters. The Bertz CT molecular complexity index is 521. The summed E-state index contributed by atoms with van der Waals surface area (Å²) in [5, 5.41) is -0.463. The zero-order chi connectivity index (χ0) is 17.1. The van der Waals surface area contributed by atoms with Crippen LogP contribution in [0.1, 0.15) is 35.5 Å². The van der Waals surface area contributed by atoms with Gasteiger partial charge in [-0.1, -0.05) is 6.92 Å². The van der Waals surface area contributed by atoms with Crippen molar-refractivity contribution in [2.24, 2.45) is 0 Å². The van der Waals surface area contributed by atoms with Crippen molar-refractivity contribution in [1.82, 2.24) is 4.98 Å². The van der Waals surface area contributed by atoms with Gasteiger partial charge in [-0.15, -0.1) is 11.8 Å². The molecule has 3 nitrogen and oxygen atoms in total. The number of alkyl halides is 6. The first-order valence-corrected chi connectivity index (χ1v) is 7.00. The van der Waals surface area contributed by atoms with Crippen LogP contribution in [-0.2, 0) is 17.1 Å². The molecule has 22 heavy (non-hydrogen) atoms. The monoisotopic (exact) mass is 347 g/mol. The van der Waals surface area contributed by atoms with Crippen molar-refractivity contribution in [3.05, 3.63) is 22.9 Å². The van der Waals surface area contributed by atoms with E-state index in [0.717, 1.165) is 0 Å². The molecule has 124 valence electrons. The number of halogens is 6. The SMILES string of the molecule is CCOC(=O)c1c(C(F)(F)F)cc(SCC)nc1C(F)(F)F. The summed E-state index contributed by atoms with van der Waals surface area (Å²) in [5.41, 5.74) is -5.21. The van der Waals surface area contributed by atoms with Crippen LogP contribution in [0.15, 0.2) is 11.1 Å². The van der Waals surface area contributed by atoms with Crippen molar-refractivity contribution < 1.29 is 35.9 Å². The fraction of sp³-hybridized carbons (Fsp3) is 0.500. The van der Waals surface area contributed by atoms with Crippen LogP contribution in [0.3, 0.4) is 0 Å². The molecule has 0 unspecified atom stereocenters. The van der Waals surface area contributed by atoms with E-state index in [0.29, 0.717) is 17.8 Å². The van der Waals surface area contributed by atoms with E-state index in [2.05, 4.69) is 9.72 Å². The lowest BCUT2D eigenvalue weighted by molar-refractivity contribution is -0.147. The van der Waals surface area contributed by atoms with Crippen molar-refractivity contribution in [2.75, 3.05) is 12.4 Å². The highest BCUT2D eigenvalue weighted by atomic mass is 32.2. The molecular formula is C12H11F6NO2S. The topological polar surface area (TPSA) is 39.2 Å². The number of carbonyl (C=O) groups excluding carboxylic acids is 1. The lowest BCUT2D eigenvalue weighted by atomic mass is 10.1. The Labute approximate surface area is 126 Å². The first kappa shape index (κ1) is 18.6. The highest BCUT2D eigenvalue weighted by molar-refractivity contribution is 7.99. The van der Waals surface area contributed by atoms with Gasteiger partial charge in [0.15, 0.2) is 5.69 Å². The van der Waals surface area contributed by atoms with Crippen molar-refractivity contribution in [3.8, 4) is 0 Å². The minimum absolute atomic E-state index is 0.223. The number of pyridine rings is 1. The second kappa shape index (κ2) is 6.76. The molecule has 10 heteroatoms. The molecule has 1 aromatic rings. The van der Waals surface area contributed by atoms with Gasteiger partial charge in [-0.05, 0) is 18.7 Å². The standard InChI is InChI=1S/C12H11F6NO2S/c1-3-21-10(20)8-6(11(13,14)15)5-7(22-4-2)19-9(8)12(16,17)18/h5H,3-4H2,1-2H3. The van der Waals surface area contributed by atoms with Gasteiger partial charge in [0.25, 0.3) is 0 Å². The molecule has 1 rings (SSSR count). The summed E-state index contributed by atoms with van der Waals surface area (Å²) in [5.74, 6) is -1.48. The molecule has 0 radical (unpaired) electrons. The molecule has 0 aliphatic heterocycles. The molecule has 0 aliphatic carbocycles. The van der Waals surface area contributed by atoms with Crippen molar-refractivity contribution in [1.29, 1.82) is 0 Å². The van der Waals surface area contributed by atoms with E-state index < -0.39 is 40.2 Å². The molecule has 0 spiro atoms. The molecule has 0 saturated heterocycles.